The molecule has 86 valence electrons. The smallest absolute Gasteiger partial charge is 0.280 e. The number of halogens is 1. The minimum atomic E-state index is -0.453. The molecule has 0 aliphatic carbocycles. The molecule has 5 heteroatoms. The zero-order chi connectivity index (χ0) is 12.3. The molecule has 0 saturated heterocycles. The van der Waals surface area contributed by atoms with Gasteiger partial charge in [-0.3, -0.25) is 10.1 Å². The van der Waals surface area contributed by atoms with Crippen molar-refractivity contribution < 1.29 is 9.34 Å². The second-order valence-corrected chi connectivity index (χ2v) is 3.67. The Bertz CT molecular complexity index is 560. The Kier molecular flexibility index (Phi) is 3.25. The van der Waals surface area contributed by atoms with E-state index < -0.39 is 4.92 Å². The third kappa shape index (κ3) is 2.73. The van der Waals surface area contributed by atoms with Gasteiger partial charge < -0.3 is 4.42 Å². The zero-order valence-electron chi connectivity index (χ0n) is 8.67. The molecule has 2 aromatic rings. The fraction of sp³-hybridized carbons (Fsp3) is 0. The molecule has 0 atom stereocenters. The van der Waals surface area contributed by atoms with Gasteiger partial charge in [0, 0.05) is 0 Å². The summed E-state index contributed by atoms with van der Waals surface area (Å²) >= 11 is 5.60. The predicted molar refractivity (Wildman–Crippen MR) is 65.0 cm³/mol. The summed E-state index contributed by atoms with van der Waals surface area (Å²) in [5, 5.41) is 11.2. The molecule has 0 aliphatic heterocycles. The third-order valence-corrected chi connectivity index (χ3v) is 2.34. The van der Waals surface area contributed by atoms with Crippen molar-refractivity contribution in [1.82, 2.24) is 0 Å². The summed E-state index contributed by atoms with van der Waals surface area (Å²) in [6.45, 7) is 0. The molecule has 0 amide bonds. The topological polar surface area (TPSA) is 56.3 Å². The molecule has 0 aliphatic rings. The van der Waals surface area contributed by atoms with Crippen molar-refractivity contribution in [2.45, 2.75) is 0 Å². The van der Waals surface area contributed by atoms with Gasteiger partial charge in [0.25, 0.3) is 5.70 Å². The normalized spacial score (nSPS) is 11.5. The van der Waals surface area contributed by atoms with Gasteiger partial charge in [0.2, 0.25) is 0 Å². The molecular formula is C12H8ClNO3. The first-order chi connectivity index (χ1) is 8.16. The predicted octanol–water partition coefficient (Wildman–Crippen LogP) is 3.71. The Morgan fingerprint density at radius 1 is 1.24 bits per heavy atom. The molecule has 1 heterocycles. The fourth-order valence-electron chi connectivity index (χ4n) is 1.39. The van der Waals surface area contributed by atoms with Crippen molar-refractivity contribution in [3.8, 4) is 0 Å². The van der Waals surface area contributed by atoms with E-state index in [2.05, 4.69) is 0 Å². The average Bonchev–Trinajstić information content (AvgIpc) is 2.73. The van der Waals surface area contributed by atoms with Gasteiger partial charge in [0.05, 0.1) is 16.6 Å². The van der Waals surface area contributed by atoms with E-state index in [0.29, 0.717) is 11.3 Å². The van der Waals surface area contributed by atoms with Crippen molar-refractivity contribution >= 4 is 23.4 Å². The van der Waals surface area contributed by atoms with Crippen LogP contribution in [0.3, 0.4) is 0 Å². The highest BCUT2D eigenvalue weighted by molar-refractivity contribution is 6.28. The van der Waals surface area contributed by atoms with Gasteiger partial charge in [0.1, 0.15) is 5.76 Å². The molecule has 2 rings (SSSR count). The molecular weight excluding hydrogens is 242 g/mol. The highest BCUT2D eigenvalue weighted by Crippen LogP contribution is 2.21. The molecule has 0 saturated carbocycles. The fourth-order valence-corrected chi connectivity index (χ4v) is 1.54. The zero-order valence-corrected chi connectivity index (χ0v) is 9.42. The van der Waals surface area contributed by atoms with Gasteiger partial charge in [-0.1, -0.05) is 18.2 Å². The number of nitrogens with zero attached hydrogens (tertiary/aromatic N) is 1. The van der Waals surface area contributed by atoms with Crippen molar-refractivity contribution in [3.05, 3.63) is 69.1 Å². The lowest BCUT2D eigenvalue weighted by Gasteiger charge is -1.97. The summed E-state index contributed by atoms with van der Waals surface area (Å²) in [4.78, 5) is 10.5. The van der Waals surface area contributed by atoms with Crippen LogP contribution in [0.25, 0.3) is 11.8 Å². The Balaban J connectivity index is 2.43. The summed E-state index contributed by atoms with van der Waals surface area (Å²) in [5.41, 5.74) is 0.488. The maximum atomic E-state index is 11.0. The molecule has 0 radical (unpaired) electrons. The molecule has 4 nitrogen and oxygen atoms in total. The quantitative estimate of drug-likeness (QED) is 0.615. The van der Waals surface area contributed by atoms with Gasteiger partial charge in [-0.25, -0.2) is 0 Å². The SMILES string of the molecule is O=[N+]([O-])C(=Cc1ccc(Cl)o1)c1ccccc1. The van der Waals surface area contributed by atoms with Crippen LogP contribution in [-0.4, -0.2) is 4.92 Å². The molecule has 0 N–H and O–H groups in total. The summed E-state index contributed by atoms with van der Waals surface area (Å²) in [6.07, 6.45) is 1.35. The van der Waals surface area contributed by atoms with Crippen molar-refractivity contribution in [2.24, 2.45) is 0 Å². The minimum Gasteiger partial charge on any atom is -0.445 e. The maximum Gasteiger partial charge on any atom is 0.280 e. The molecule has 1 aromatic heterocycles. The van der Waals surface area contributed by atoms with Crippen LogP contribution < -0.4 is 0 Å². The van der Waals surface area contributed by atoms with Crippen LogP contribution in [0.4, 0.5) is 0 Å². The van der Waals surface area contributed by atoms with Crippen LogP contribution >= 0.6 is 11.6 Å². The largest absolute Gasteiger partial charge is 0.445 e. The molecule has 0 unspecified atom stereocenters. The Morgan fingerprint density at radius 3 is 2.47 bits per heavy atom. The van der Waals surface area contributed by atoms with Crippen LogP contribution in [0.2, 0.25) is 5.22 Å². The number of nitro groups is 1. The Labute approximate surface area is 102 Å². The van der Waals surface area contributed by atoms with Crippen molar-refractivity contribution in [2.75, 3.05) is 0 Å². The van der Waals surface area contributed by atoms with Gasteiger partial charge in [-0.2, -0.15) is 0 Å². The number of hydrogen-bond acceptors (Lipinski definition) is 3. The third-order valence-electron chi connectivity index (χ3n) is 2.14. The van der Waals surface area contributed by atoms with E-state index in [9.17, 15) is 10.1 Å². The molecule has 0 spiro atoms. The Hall–Kier alpha value is -2.07. The molecule has 17 heavy (non-hydrogen) atoms. The second kappa shape index (κ2) is 4.84. The van der Waals surface area contributed by atoms with E-state index in [4.69, 9.17) is 16.0 Å². The number of rotatable bonds is 3. The van der Waals surface area contributed by atoms with E-state index in [1.807, 2.05) is 0 Å². The lowest BCUT2D eigenvalue weighted by Crippen LogP contribution is -1.97. The van der Waals surface area contributed by atoms with E-state index in [1.54, 1.807) is 36.4 Å². The summed E-state index contributed by atoms with van der Waals surface area (Å²) < 4.78 is 5.07. The van der Waals surface area contributed by atoms with Gasteiger partial charge >= 0.3 is 0 Å². The van der Waals surface area contributed by atoms with E-state index in [-0.39, 0.29) is 10.9 Å². The van der Waals surface area contributed by atoms with Crippen molar-refractivity contribution in [3.63, 3.8) is 0 Å². The van der Waals surface area contributed by atoms with Crippen molar-refractivity contribution in [1.29, 1.82) is 0 Å². The van der Waals surface area contributed by atoms with Gasteiger partial charge in [-0.15, -0.1) is 0 Å². The lowest BCUT2D eigenvalue weighted by atomic mass is 10.1. The molecule has 1 aromatic carbocycles. The van der Waals surface area contributed by atoms with E-state index in [1.165, 1.54) is 12.1 Å². The summed E-state index contributed by atoms with van der Waals surface area (Å²) in [6, 6.07) is 11.7. The highest BCUT2D eigenvalue weighted by atomic mass is 35.5. The number of hydrogen-bond donors (Lipinski definition) is 0. The number of benzene rings is 1. The minimum absolute atomic E-state index is 0.0309. The standard InChI is InChI=1S/C12H8ClNO3/c13-12-7-6-10(17-12)8-11(14(15)16)9-4-2-1-3-5-9/h1-8H. The van der Waals surface area contributed by atoms with Gasteiger partial charge in [-0.05, 0) is 35.9 Å². The first kappa shape index (κ1) is 11.4. The first-order valence-corrected chi connectivity index (χ1v) is 5.21. The average molecular weight is 250 g/mol. The summed E-state index contributed by atoms with van der Waals surface area (Å²) in [7, 11) is 0. The van der Waals surface area contributed by atoms with E-state index >= 15 is 0 Å². The Morgan fingerprint density at radius 2 is 1.94 bits per heavy atom. The summed E-state index contributed by atoms with van der Waals surface area (Å²) in [5.74, 6) is 0.352. The van der Waals surface area contributed by atoms with Crippen LogP contribution in [-0.2, 0) is 0 Å². The number of furan rings is 1. The second-order valence-electron chi connectivity index (χ2n) is 3.29. The molecule has 0 bridgehead atoms. The maximum absolute atomic E-state index is 11.0. The van der Waals surface area contributed by atoms with Crippen LogP contribution in [0.5, 0.6) is 0 Å². The van der Waals surface area contributed by atoms with Crippen LogP contribution in [0.1, 0.15) is 11.3 Å². The van der Waals surface area contributed by atoms with Crippen LogP contribution in [0.15, 0.2) is 46.9 Å². The van der Waals surface area contributed by atoms with Crippen LogP contribution in [0, 0.1) is 10.1 Å². The highest BCUT2D eigenvalue weighted by Gasteiger charge is 2.14. The van der Waals surface area contributed by atoms with E-state index in [0.717, 1.165) is 0 Å². The van der Waals surface area contributed by atoms with Gasteiger partial charge in [0.15, 0.2) is 5.22 Å². The monoisotopic (exact) mass is 249 g/mol. The first-order valence-electron chi connectivity index (χ1n) is 4.83. The lowest BCUT2D eigenvalue weighted by molar-refractivity contribution is -0.374. The molecule has 0 fully saturated rings.